The SMILES string of the molecule is COc1ccc(C(NC2=N[C@](C)(c3cc(I)cs3)C[C@@H](C(F)(F)F)O2)(c2ccccc2)c2ccc(OC)cc2)cc1. The fraction of sp³-hybridized carbons (Fsp3) is 0.258. The number of methoxy groups -OCH3 is 2. The van der Waals surface area contributed by atoms with Crippen LogP contribution < -0.4 is 14.8 Å². The first-order valence-corrected chi connectivity index (χ1v) is 14.7. The van der Waals surface area contributed by atoms with E-state index in [1.807, 2.05) is 90.3 Å². The number of rotatable bonds is 7. The fourth-order valence-electron chi connectivity index (χ4n) is 5.07. The molecule has 1 N–H and O–H groups in total. The number of nitrogens with zero attached hydrogens (tertiary/aromatic N) is 1. The molecule has 0 bridgehead atoms. The summed E-state index contributed by atoms with van der Waals surface area (Å²) in [6.07, 6.45) is -6.97. The molecule has 0 aliphatic carbocycles. The van der Waals surface area contributed by atoms with Crippen molar-refractivity contribution in [3.63, 3.8) is 0 Å². The van der Waals surface area contributed by atoms with Gasteiger partial charge in [0.05, 0.1) is 14.2 Å². The number of alkyl halides is 3. The lowest BCUT2D eigenvalue weighted by Gasteiger charge is -2.42. The Balaban J connectivity index is 1.74. The molecule has 0 amide bonds. The molecule has 41 heavy (non-hydrogen) atoms. The molecule has 0 unspecified atom stereocenters. The van der Waals surface area contributed by atoms with Gasteiger partial charge in [0.2, 0.25) is 0 Å². The highest BCUT2D eigenvalue weighted by atomic mass is 127. The van der Waals surface area contributed by atoms with E-state index in [9.17, 15) is 13.2 Å². The molecule has 214 valence electrons. The zero-order valence-corrected chi connectivity index (χ0v) is 25.5. The zero-order valence-electron chi connectivity index (χ0n) is 22.5. The third-order valence-corrected chi connectivity index (χ3v) is 9.42. The van der Waals surface area contributed by atoms with Gasteiger partial charge in [0, 0.05) is 20.2 Å². The van der Waals surface area contributed by atoms with Gasteiger partial charge in [-0.3, -0.25) is 0 Å². The number of nitrogens with one attached hydrogen (secondary N) is 1. The number of amidine groups is 1. The van der Waals surface area contributed by atoms with Crippen LogP contribution in [0.2, 0.25) is 0 Å². The van der Waals surface area contributed by atoms with E-state index in [0.717, 1.165) is 25.1 Å². The Bertz CT molecular complexity index is 1460. The van der Waals surface area contributed by atoms with Crippen molar-refractivity contribution in [2.45, 2.75) is 36.7 Å². The summed E-state index contributed by atoms with van der Waals surface area (Å²) in [6, 6.07) is 26.0. The van der Waals surface area contributed by atoms with Crippen molar-refractivity contribution in [1.29, 1.82) is 0 Å². The predicted octanol–water partition coefficient (Wildman–Crippen LogP) is 7.87. The number of hydrogen-bond donors (Lipinski definition) is 1. The third kappa shape index (κ3) is 5.90. The van der Waals surface area contributed by atoms with E-state index in [1.165, 1.54) is 11.3 Å². The predicted molar refractivity (Wildman–Crippen MR) is 163 cm³/mol. The molecule has 0 radical (unpaired) electrons. The quantitative estimate of drug-likeness (QED) is 0.158. The van der Waals surface area contributed by atoms with Crippen LogP contribution in [-0.4, -0.2) is 32.5 Å². The van der Waals surface area contributed by atoms with Gasteiger partial charge in [-0.05, 0) is 76.5 Å². The molecule has 5 rings (SSSR count). The topological polar surface area (TPSA) is 52.1 Å². The normalized spacial score (nSPS) is 19.2. The summed E-state index contributed by atoms with van der Waals surface area (Å²) in [5, 5.41) is 5.28. The van der Waals surface area contributed by atoms with E-state index >= 15 is 0 Å². The van der Waals surface area contributed by atoms with E-state index in [1.54, 1.807) is 21.1 Å². The Morgan fingerprint density at radius 3 is 1.90 bits per heavy atom. The van der Waals surface area contributed by atoms with Gasteiger partial charge in [-0.15, -0.1) is 11.3 Å². The van der Waals surface area contributed by atoms with Crippen LogP contribution in [-0.2, 0) is 15.8 Å². The summed E-state index contributed by atoms with van der Waals surface area (Å²) in [7, 11) is 3.16. The van der Waals surface area contributed by atoms with E-state index in [0.29, 0.717) is 11.5 Å². The number of halogens is 4. The lowest BCUT2D eigenvalue weighted by Crippen LogP contribution is -2.54. The highest BCUT2D eigenvalue weighted by Gasteiger charge is 2.51. The lowest BCUT2D eigenvalue weighted by molar-refractivity contribution is -0.208. The molecule has 0 fully saturated rings. The third-order valence-electron chi connectivity index (χ3n) is 7.20. The molecule has 4 aromatic rings. The first kappa shape index (κ1) is 29.2. The van der Waals surface area contributed by atoms with Crippen molar-refractivity contribution in [2.75, 3.05) is 14.2 Å². The van der Waals surface area contributed by atoms with Crippen LogP contribution in [0.1, 0.15) is 34.9 Å². The molecule has 2 heterocycles. The van der Waals surface area contributed by atoms with Crippen LogP contribution in [0.15, 0.2) is 95.3 Å². The van der Waals surface area contributed by atoms with Crippen LogP contribution >= 0.6 is 33.9 Å². The Labute approximate surface area is 254 Å². The van der Waals surface area contributed by atoms with Crippen LogP contribution in [0.4, 0.5) is 13.2 Å². The Morgan fingerprint density at radius 2 is 1.44 bits per heavy atom. The Morgan fingerprint density at radius 1 is 0.902 bits per heavy atom. The summed E-state index contributed by atoms with van der Waals surface area (Å²) in [5.74, 6) is 1.29. The molecule has 2 atom stereocenters. The molecule has 0 saturated carbocycles. The van der Waals surface area contributed by atoms with Gasteiger partial charge >= 0.3 is 6.18 Å². The minimum absolute atomic E-state index is 0.194. The van der Waals surface area contributed by atoms with Crippen molar-refractivity contribution in [2.24, 2.45) is 4.99 Å². The average Bonchev–Trinajstić information content (AvgIpc) is 3.43. The maximum absolute atomic E-state index is 14.3. The van der Waals surface area contributed by atoms with E-state index in [2.05, 4.69) is 27.9 Å². The van der Waals surface area contributed by atoms with Gasteiger partial charge in [-0.1, -0.05) is 54.6 Å². The molecule has 0 saturated heterocycles. The van der Waals surface area contributed by atoms with Crippen molar-refractivity contribution in [3.05, 3.63) is 115 Å². The van der Waals surface area contributed by atoms with Crippen LogP contribution in [0.25, 0.3) is 0 Å². The molecule has 3 aromatic carbocycles. The highest BCUT2D eigenvalue weighted by Crippen LogP contribution is 2.44. The Kier molecular flexibility index (Phi) is 8.24. The van der Waals surface area contributed by atoms with Crippen molar-refractivity contribution in [1.82, 2.24) is 5.32 Å². The Hall–Kier alpha value is -3.25. The zero-order chi connectivity index (χ0) is 29.3. The van der Waals surface area contributed by atoms with Gasteiger partial charge in [0.15, 0.2) is 6.10 Å². The molecule has 1 aliphatic heterocycles. The number of hydrogen-bond acceptors (Lipinski definition) is 6. The maximum Gasteiger partial charge on any atom is 0.425 e. The second-order valence-corrected chi connectivity index (χ2v) is 12.0. The molecule has 1 aliphatic rings. The van der Waals surface area contributed by atoms with Gasteiger partial charge in [-0.2, -0.15) is 13.2 Å². The monoisotopic (exact) mass is 692 g/mol. The summed E-state index contributed by atoms with van der Waals surface area (Å²) in [4.78, 5) is 5.57. The van der Waals surface area contributed by atoms with Gasteiger partial charge in [-0.25, -0.2) is 4.99 Å². The summed E-state index contributed by atoms with van der Waals surface area (Å²) in [5.41, 5.74) is -0.0540. The minimum atomic E-state index is -4.59. The number of thiophene rings is 1. The number of benzene rings is 3. The van der Waals surface area contributed by atoms with Crippen molar-refractivity contribution in [3.8, 4) is 11.5 Å². The second-order valence-electron chi connectivity index (χ2n) is 9.87. The molecule has 1 aromatic heterocycles. The first-order valence-electron chi connectivity index (χ1n) is 12.8. The summed E-state index contributed by atoms with van der Waals surface area (Å²) >= 11 is 3.55. The average molecular weight is 693 g/mol. The second kappa shape index (κ2) is 11.6. The van der Waals surface area contributed by atoms with Gasteiger partial charge < -0.3 is 19.5 Å². The summed E-state index contributed by atoms with van der Waals surface area (Å²) in [6.45, 7) is 1.73. The lowest BCUT2D eigenvalue weighted by atomic mass is 9.77. The largest absolute Gasteiger partial charge is 0.497 e. The highest BCUT2D eigenvalue weighted by molar-refractivity contribution is 14.1. The first-order chi connectivity index (χ1) is 19.6. The molecule has 10 heteroatoms. The fourth-order valence-corrected chi connectivity index (χ4v) is 6.86. The smallest absolute Gasteiger partial charge is 0.425 e. The number of ether oxygens (including phenoxy) is 3. The van der Waals surface area contributed by atoms with Crippen LogP contribution in [0, 0.1) is 3.57 Å². The van der Waals surface area contributed by atoms with E-state index < -0.39 is 23.4 Å². The molecular formula is C31H28F3IN2O3S. The maximum atomic E-state index is 14.3. The standard InChI is InChI=1S/C31H28F3IN2O3S/c1-29(27-17-23(35)19-41-27)18-26(31(32,33)34)40-28(36-29)37-30(20-7-5-4-6-8-20,21-9-13-24(38-2)14-10-21)22-11-15-25(39-3)16-12-22/h4-17,19,26H,18H2,1-3H3,(H,36,37)/t26-,29-/m0/s1. The number of aliphatic imine (C=N–C) groups is 1. The van der Waals surface area contributed by atoms with Crippen molar-refractivity contribution < 1.29 is 27.4 Å². The van der Waals surface area contributed by atoms with E-state index in [-0.39, 0.29) is 12.4 Å². The van der Waals surface area contributed by atoms with Gasteiger partial charge in [0.25, 0.3) is 6.02 Å². The molecule has 5 nitrogen and oxygen atoms in total. The van der Waals surface area contributed by atoms with E-state index in [4.69, 9.17) is 19.2 Å². The van der Waals surface area contributed by atoms with Crippen LogP contribution in [0.3, 0.4) is 0 Å². The van der Waals surface area contributed by atoms with Crippen molar-refractivity contribution >= 4 is 39.9 Å². The molecule has 0 spiro atoms. The molecular weight excluding hydrogens is 664 g/mol. The minimum Gasteiger partial charge on any atom is -0.497 e. The summed E-state index contributed by atoms with van der Waals surface area (Å²) < 4.78 is 60.3. The van der Waals surface area contributed by atoms with Crippen LogP contribution in [0.5, 0.6) is 11.5 Å². The van der Waals surface area contributed by atoms with Gasteiger partial charge in [0.1, 0.15) is 22.6 Å².